The molecule has 0 radical (unpaired) electrons. The molecule has 0 nitrogen and oxygen atoms in total. The van der Waals surface area contributed by atoms with Crippen molar-refractivity contribution >= 4 is 11.6 Å². The molecule has 0 atom stereocenters. The third-order valence-corrected chi connectivity index (χ3v) is 7.75. The van der Waals surface area contributed by atoms with Crippen LogP contribution in [-0.4, -0.2) is 5.88 Å². The molecular formula is C32H65Cl. The smallest absolute Gasteiger partial charge is 0.0223 e. The van der Waals surface area contributed by atoms with Crippen molar-refractivity contribution in [2.75, 3.05) is 5.88 Å². The zero-order valence-electron chi connectivity index (χ0n) is 23.3. The predicted octanol–water partition coefficient (Wildman–Crippen LogP) is 12.9. The standard InChI is InChI=1S/C32H65Cl/c1-2-3-4-5-6-7-8-9-10-11-12-13-14-15-16-17-18-19-20-21-22-23-24-25-26-27-28-29-30-31-32-33/h2-32H2,1H3. The first-order chi connectivity index (χ1) is 16.4. The minimum atomic E-state index is 0.847. The molecule has 0 aliphatic rings. The van der Waals surface area contributed by atoms with Gasteiger partial charge in [0.05, 0.1) is 0 Å². The number of unbranched alkanes of at least 4 members (excludes halogenated alkanes) is 29. The van der Waals surface area contributed by atoms with Gasteiger partial charge in [-0.15, -0.1) is 11.6 Å². The summed E-state index contributed by atoms with van der Waals surface area (Å²) in [6, 6.07) is 0. The van der Waals surface area contributed by atoms with E-state index in [4.69, 9.17) is 11.6 Å². The van der Waals surface area contributed by atoms with Crippen LogP contribution in [-0.2, 0) is 0 Å². The number of rotatable bonds is 30. The molecule has 0 spiro atoms. The lowest BCUT2D eigenvalue weighted by atomic mass is 10.0. The topological polar surface area (TPSA) is 0 Å². The molecule has 0 aromatic heterocycles. The summed E-state index contributed by atoms with van der Waals surface area (Å²) < 4.78 is 0. The molecule has 0 saturated carbocycles. The van der Waals surface area contributed by atoms with Gasteiger partial charge in [0.25, 0.3) is 0 Å². The highest BCUT2D eigenvalue weighted by Crippen LogP contribution is 2.16. The highest BCUT2D eigenvalue weighted by molar-refractivity contribution is 6.17. The van der Waals surface area contributed by atoms with Gasteiger partial charge < -0.3 is 0 Å². The lowest BCUT2D eigenvalue weighted by Gasteiger charge is -2.04. The van der Waals surface area contributed by atoms with Crippen molar-refractivity contribution in [3.63, 3.8) is 0 Å². The van der Waals surface area contributed by atoms with Gasteiger partial charge in [0.15, 0.2) is 0 Å². The Balaban J connectivity index is 2.99. The van der Waals surface area contributed by atoms with Gasteiger partial charge in [-0.05, 0) is 6.42 Å². The van der Waals surface area contributed by atoms with Crippen LogP contribution < -0.4 is 0 Å². The summed E-state index contributed by atoms with van der Waals surface area (Å²) >= 11 is 5.72. The third kappa shape index (κ3) is 32.3. The maximum absolute atomic E-state index is 5.72. The molecule has 0 aliphatic heterocycles. The van der Waals surface area contributed by atoms with Gasteiger partial charge in [0.2, 0.25) is 0 Å². The van der Waals surface area contributed by atoms with E-state index < -0.39 is 0 Å². The zero-order valence-corrected chi connectivity index (χ0v) is 24.1. The van der Waals surface area contributed by atoms with Crippen molar-refractivity contribution in [3.8, 4) is 0 Å². The first kappa shape index (κ1) is 33.3. The highest BCUT2D eigenvalue weighted by atomic mass is 35.5. The molecule has 0 aromatic carbocycles. The molecule has 0 fully saturated rings. The van der Waals surface area contributed by atoms with Gasteiger partial charge in [-0.25, -0.2) is 0 Å². The molecule has 33 heavy (non-hydrogen) atoms. The molecule has 0 unspecified atom stereocenters. The van der Waals surface area contributed by atoms with E-state index in [0.29, 0.717) is 0 Å². The van der Waals surface area contributed by atoms with Crippen LogP contribution in [0.2, 0.25) is 0 Å². The first-order valence-electron chi connectivity index (χ1n) is 16.0. The summed E-state index contributed by atoms with van der Waals surface area (Å²) in [5, 5.41) is 0. The number of halogens is 1. The normalized spacial score (nSPS) is 11.5. The monoisotopic (exact) mass is 484 g/mol. The molecule has 0 saturated heterocycles. The van der Waals surface area contributed by atoms with Gasteiger partial charge in [-0.3, -0.25) is 0 Å². The van der Waals surface area contributed by atoms with E-state index in [2.05, 4.69) is 6.92 Å². The van der Waals surface area contributed by atoms with E-state index in [1.807, 2.05) is 0 Å². The number of hydrogen-bond donors (Lipinski definition) is 0. The van der Waals surface area contributed by atoms with E-state index in [1.54, 1.807) is 0 Å². The summed E-state index contributed by atoms with van der Waals surface area (Å²) in [4.78, 5) is 0. The Kier molecular flexibility index (Phi) is 32.6. The Hall–Kier alpha value is 0.290. The van der Waals surface area contributed by atoms with Crippen molar-refractivity contribution in [3.05, 3.63) is 0 Å². The van der Waals surface area contributed by atoms with E-state index >= 15 is 0 Å². The van der Waals surface area contributed by atoms with Crippen LogP contribution in [0.1, 0.15) is 200 Å². The van der Waals surface area contributed by atoms with Crippen molar-refractivity contribution in [2.24, 2.45) is 0 Å². The van der Waals surface area contributed by atoms with Crippen LogP contribution in [0.15, 0.2) is 0 Å². The van der Waals surface area contributed by atoms with E-state index in [-0.39, 0.29) is 0 Å². The molecule has 0 amide bonds. The van der Waals surface area contributed by atoms with Gasteiger partial charge in [0.1, 0.15) is 0 Å². The Morgan fingerprint density at radius 2 is 0.394 bits per heavy atom. The van der Waals surface area contributed by atoms with Crippen LogP contribution in [0.4, 0.5) is 0 Å². The Morgan fingerprint density at radius 3 is 0.545 bits per heavy atom. The summed E-state index contributed by atoms with van der Waals surface area (Å²) in [6.45, 7) is 2.31. The van der Waals surface area contributed by atoms with Crippen molar-refractivity contribution < 1.29 is 0 Å². The lowest BCUT2D eigenvalue weighted by molar-refractivity contribution is 0.513. The Labute approximate surface area is 216 Å². The van der Waals surface area contributed by atoms with Gasteiger partial charge >= 0.3 is 0 Å². The second-order valence-corrected chi connectivity index (χ2v) is 11.3. The van der Waals surface area contributed by atoms with Crippen molar-refractivity contribution in [1.82, 2.24) is 0 Å². The lowest BCUT2D eigenvalue weighted by Crippen LogP contribution is -1.85. The van der Waals surface area contributed by atoms with E-state index in [0.717, 1.165) is 5.88 Å². The second-order valence-electron chi connectivity index (χ2n) is 10.9. The Morgan fingerprint density at radius 1 is 0.242 bits per heavy atom. The van der Waals surface area contributed by atoms with Crippen LogP contribution in [0.5, 0.6) is 0 Å². The summed E-state index contributed by atoms with van der Waals surface area (Å²) in [7, 11) is 0. The quantitative estimate of drug-likeness (QED) is 0.0701. The van der Waals surface area contributed by atoms with Crippen LogP contribution in [0.25, 0.3) is 0 Å². The van der Waals surface area contributed by atoms with Crippen molar-refractivity contribution in [1.29, 1.82) is 0 Å². The van der Waals surface area contributed by atoms with Gasteiger partial charge in [0, 0.05) is 5.88 Å². The molecule has 0 N–H and O–H groups in total. The van der Waals surface area contributed by atoms with E-state index in [9.17, 15) is 0 Å². The van der Waals surface area contributed by atoms with Crippen molar-refractivity contribution in [2.45, 2.75) is 200 Å². The molecular weight excluding hydrogens is 420 g/mol. The summed E-state index contributed by atoms with van der Waals surface area (Å²) in [5.41, 5.74) is 0. The fourth-order valence-electron chi connectivity index (χ4n) is 5.12. The fourth-order valence-corrected chi connectivity index (χ4v) is 5.31. The van der Waals surface area contributed by atoms with Gasteiger partial charge in [-0.1, -0.05) is 193 Å². The highest BCUT2D eigenvalue weighted by Gasteiger charge is 1.96. The average Bonchev–Trinajstić information content (AvgIpc) is 2.83. The largest absolute Gasteiger partial charge is 0.127 e. The predicted molar refractivity (Wildman–Crippen MR) is 155 cm³/mol. The Bertz CT molecular complexity index is 284. The minimum absolute atomic E-state index is 0.847. The molecule has 200 valence electrons. The number of hydrogen-bond acceptors (Lipinski definition) is 0. The van der Waals surface area contributed by atoms with Crippen LogP contribution >= 0.6 is 11.6 Å². The molecule has 0 heterocycles. The third-order valence-electron chi connectivity index (χ3n) is 7.49. The van der Waals surface area contributed by atoms with Crippen LogP contribution in [0, 0.1) is 0 Å². The van der Waals surface area contributed by atoms with Crippen LogP contribution in [0.3, 0.4) is 0 Å². The van der Waals surface area contributed by atoms with Gasteiger partial charge in [-0.2, -0.15) is 0 Å². The molecule has 0 aliphatic carbocycles. The first-order valence-corrected chi connectivity index (χ1v) is 16.5. The molecule has 0 rings (SSSR count). The second kappa shape index (κ2) is 32.3. The average molecular weight is 485 g/mol. The summed E-state index contributed by atoms with van der Waals surface area (Å²) in [5.74, 6) is 0.847. The van der Waals surface area contributed by atoms with E-state index in [1.165, 1.54) is 193 Å². The maximum atomic E-state index is 5.72. The maximum Gasteiger partial charge on any atom is 0.0223 e. The minimum Gasteiger partial charge on any atom is -0.127 e. The summed E-state index contributed by atoms with van der Waals surface area (Å²) in [6.07, 6.45) is 43.7. The molecule has 0 aromatic rings. The SMILES string of the molecule is CCCCCCCCCCCCCCCCCCCCCCCCCCCCCCCCCl. The fraction of sp³-hybridized carbons (Fsp3) is 1.00. The molecule has 1 heteroatoms. The molecule has 0 bridgehead atoms. The zero-order chi connectivity index (χ0) is 23.9. The number of alkyl halides is 1.